The molecule has 24 heavy (non-hydrogen) atoms. The number of nitrogens with zero attached hydrogens (tertiary/aromatic N) is 1. The van der Waals surface area contributed by atoms with Gasteiger partial charge in [-0.15, -0.1) is 12.4 Å². The first-order valence-corrected chi connectivity index (χ1v) is 8.37. The van der Waals surface area contributed by atoms with Gasteiger partial charge < -0.3 is 10.6 Å². The lowest BCUT2D eigenvalue weighted by Gasteiger charge is -2.32. The van der Waals surface area contributed by atoms with E-state index in [9.17, 15) is 4.79 Å². The van der Waals surface area contributed by atoms with E-state index in [-0.39, 0.29) is 18.3 Å². The Labute approximate surface area is 150 Å². The Balaban J connectivity index is 0.00000208. The average Bonchev–Trinajstić information content (AvgIpc) is 2.52. The number of anilines is 1. The van der Waals surface area contributed by atoms with E-state index in [1.807, 2.05) is 47.4 Å². The Morgan fingerprint density at radius 1 is 1.00 bits per heavy atom. The molecule has 0 spiro atoms. The monoisotopic (exact) mass is 344 g/mol. The maximum Gasteiger partial charge on any atom is 0.227 e. The number of rotatable bonds is 6. The van der Waals surface area contributed by atoms with Gasteiger partial charge in [-0.05, 0) is 42.0 Å². The number of hydrogen-bond acceptors (Lipinski definition) is 2. The Bertz CT molecular complexity index is 638. The molecular formula is C20H25ClN2O. The fourth-order valence-corrected chi connectivity index (χ4v) is 2.97. The molecule has 2 N–H and O–H groups in total. The van der Waals surface area contributed by atoms with Crippen LogP contribution in [-0.4, -0.2) is 17.4 Å². The molecule has 1 fully saturated rings. The van der Waals surface area contributed by atoms with Crippen LogP contribution in [0.15, 0.2) is 54.6 Å². The summed E-state index contributed by atoms with van der Waals surface area (Å²) in [5.74, 6) is 0.875. The van der Waals surface area contributed by atoms with Gasteiger partial charge in [0.2, 0.25) is 5.91 Å². The first-order valence-electron chi connectivity index (χ1n) is 8.37. The fraction of sp³-hybridized carbons (Fsp3) is 0.350. The van der Waals surface area contributed by atoms with Gasteiger partial charge in [-0.3, -0.25) is 4.79 Å². The highest BCUT2D eigenvalue weighted by molar-refractivity contribution is 5.85. The van der Waals surface area contributed by atoms with Crippen molar-refractivity contribution in [2.45, 2.75) is 32.2 Å². The number of halogens is 1. The van der Waals surface area contributed by atoms with Gasteiger partial charge in [0.1, 0.15) is 0 Å². The van der Waals surface area contributed by atoms with E-state index in [2.05, 4.69) is 12.1 Å². The highest BCUT2D eigenvalue weighted by Crippen LogP contribution is 2.28. The number of carbonyl (C=O) groups is 1. The number of carbonyl (C=O) groups excluding carboxylic acids is 1. The number of amides is 1. The van der Waals surface area contributed by atoms with Gasteiger partial charge in [0.25, 0.3) is 0 Å². The standard InChI is InChI=1S/C20H24N2O.ClH/c21-19-11-9-16(10-12-19)13-20(23)22(15-18-7-4-8-18)14-17-5-2-1-3-6-17;/h1-3,5-6,9-12,18H,4,7-8,13-15,21H2;1H. The minimum absolute atomic E-state index is 0. The van der Waals surface area contributed by atoms with Gasteiger partial charge in [0.05, 0.1) is 6.42 Å². The largest absolute Gasteiger partial charge is 0.399 e. The van der Waals surface area contributed by atoms with Crippen LogP contribution in [0.25, 0.3) is 0 Å². The smallest absolute Gasteiger partial charge is 0.227 e. The average molecular weight is 345 g/mol. The highest BCUT2D eigenvalue weighted by atomic mass is 35.5. The number of hydrogen-bond donors (Lipinski definition) is 1. The van der Waals surface area contributed by atoms with Crippen LogP contribution in [0, 0.1) is 5.92 Å². The summed E-state index contributed by atoms with van der Waals surface area (Å²) < 4.78 is 0. The molecule has 0 unspecified atom stereocenters. The van der Waals surface area contributed by atoms with Crippen molar-refractivity contribution in [2.24, 2.45) is 5.92 Å². The van der Waals surface area contributed by atoms with Crippen molar-refractivity contribution in [1.82, 2.24) is 4.90 Å². The van der Waals surface area contributed by atoms with E-state index in [1.54, 1.807) is 0 Å². The summed E-state index contributed by atoms with van der Waals surface area (Å²) in [7, 11) is 0. The Morgan fingerprint density at radius 2 is 1.67 bits per heavy atom. The van der Waals surface area contributed by atoms with Crippen molar-refractivity contribution in [3.05, 3.63) is 65.7 Å². The zero-order valence-corrected chi connectivity index (χ0v) is 14.7. The first-order chi connectivity index (χ1) is 11.2. The maximum absolute atomic E-state index is 12.8. The van der Waals surface area contributed by atoms with E-state index >= 15 is 0 Å². The van der Waals surface area contributed by atoms with Crippen molar-refractivity contribution >= 4 is 24.0 Å². The number of nitrogens with two attached hydrogens (primary N) is 1. The molecule has 1 aliphatic rings. The van der Waals surface area contributed by atoms with Crippen LogP contribution in [-0.2, 0) is 17.8 Å². The molecule has 1 amide bonds. The first kappa shape index (κ1) is 18.3. The van der Waals surface area contributed by atoms with Gasteiger partial charge in [0.15, 0.2) is 0 Å². The summed E-state index contributed by atoms with van der Waals surface area (Å²) in [5, 5.41) is 0. The minimum Gasteiger partial charge on any atom is -0.399 e. The topological polar surface area (TPSA) is 46.3 Å². The summed E-state index contributed by atoms with van der Waals surface area (Å²) in [6, 6.07) is 17.8. The van der Waals surface area contributed by atoms with Crippen LogP contribution >= 0.6 is 12.4 Å². The van der Waals surface area contributed by atoms with Gasteiger partial charge in [0, 0.05) is 18.8 Å². The van der Waals surface area contributed by atoms with Crippen molar-refractivity contribution in [3.63, 3.8) is 0 Å². The third-order valence-corrected chi connectivity index (χ3v) is 4.61. The molecule has 1 aliphatic carbocycles. The number of nitrogen functional groups attached to an aromatic ring is 1. The second-order valence-corrected chi connectivity index (χ2v) is 6.48. The zero-order chi connectivity index (χ0) is 16.1. The SMILES string of the molecule is Cl.Nc1ccc(CC(=O)N(Cc2ccccc2)CC2CCC2)cc1. The fourth-order valence-electron chi connectivity index (χ4n) is 2.97. The van der Waals surface area contributed by atoms with Crippen LogP contribution in [0.1, 0.15) is 30.4 Å². The second-order valence-electron chi connectivity index (χ2n) is 6.48. The third kappa shape index (κ3) is 5.00. The van der Waals surface area contributed by atoms with E-state index in [0.717, 1.165) is 17.8 Å². The molecule has 0 radical (unpaired) electrons. The molecule has 4 heteroatoms. The summed E-state index contributed by atoms with van der Waals surface area (Å²) in [5.41, 5.74) is 8.66. The van der Waals surface area contributed by atoms with Gasteiger partial charge in [-0.25, -0.2) is 0 Å². The third-order valence-electron chi connectivity index (χ3n) is 4.61. The summed E-state index contributed by atoms with van der Waals surface area (Å²) in [6.45, 7) is 1.58. The van der Waals surface area contributed by atoms with Crippen LogP contribution in [0.2, 0.25) is 0 Å². The van der Waals surface area contributed by atoms with Crippen molar-refractivity contribution in [1.29, 1.82) is 0 Å². The molecule has 0 heterocycles. The number of benzene rings is 2. The molecule has 0 bridgehead atoms. The second kappa shape index (κ2) is 8.74. The van der Waals surface area contributed by atoms with Crippen molar-refractivity contribution in [2.75, 3.05) is 12.3 Å². The van der Waals surface area contributed by atoms with Crippen LogP contribution < -0.4 is 5.73 Å². The maximum atomic E-state index is 12.8. The predicted molar refractivity (Wildman–Crippen MR) is 101 cm³/mol. The summed E-state index contributed by atoms with van der Waals surface area (Å²) in [4.78, 5) is 14.8. The zero-order valence-electron chi connectivity index (χ0n) is 13.9. The lowest BCUT2D eigenvalue weighted by Crippen LogP contribution is -2.37. The van der Waals surface area contributed by atoms with Gasteiger partial charge in [-0.2, -0.15) is 0 Å². The minimum atomic E-state index is 0. The van der Waals surface area contributed by atoms with Gasteiger partial charge in [-0.1, -0.05) is 48.9 Å². The van der Waals surface area contributed by atoms with Crippen LogP contribution in [0.5, 0.6) is 0 Å². The van der Waals surface area contributed by atoms with Gasteiger partial charge >= 0.3 is 0 Å². The lowest BCUT2D eigenvalue weighted by molar-refractivity contribution is -0.132. The summed E-state index contributed by atoms with van der Waals surface area (Å²) in [6.07, 6.45) is 4.25. The predicted octanol–water partition coefficient (Wildman–Crippen LogP) is 4.06. The molecule has 3 rings (SSSR count). The van der Waals surface area contributed by atoms with Crippen molar-refractivity contribution in [3.8, 4) is 0 Å². The van der Waals surface area contributed by atoms with Crippen LogP contribution in [0.4, 0.5) is 5.69 Å². The Hall–Kier alpha value is -2.00. The van der Waals surface area contributed by atoms with E-state index < -0.39 is 0 Å². The molecule has 0 aliphatic heterocycles. The molecule has 2 aromatic carbocycles. The van der Waals surface area contributed by atoms with E-state index in [1.165, 1.54) is 24.8 Å². The molecule has 0 atom stereocenters. The quantitative estimate of drug-likeness (QED) is 0.803. The molecule has 128 valence electrons. The summed E-state index contributed by atoms with van der Waals surface area (Å²) >= 11 is 0. The molecular weight excluding hydrogens is 320 g/mol. The van der Waals surface area contributed by atoms with E-state index in [4.69, 9.17) is 5.73 Å². The van der Waals surface area contributed by atoms with Crippen LogP contribution in [0.3, 0.4) is 0 Å². The van der Waals surface area contributed by atoms with E-state index in [0.29, 0.717) is 18.9 Å². The lowest BCUT2D eigenvalue weighted by atomic mass is 9.85. The Kier molecular flexibility index (Phi) is 6.68. The molecule has 0 saturated heterocycles. The Morgan fingerprint density at radius 3 is 2.25 bits per heavy atom. The highest BCUT2D eigenvalue weighted by Gasteiger charge is 2.23. The molecule has 2 aromatic rings. The molecule has 0 aromatic heterocycles. The molecule has 1 saturated carbocycles. The normalized spacial score (nSPS) is 13.7. The molecule has 3 nitrogen and oxygen atoms in total. The van der Waals surface area contributed by atoms with Crippen molar-refractivity contribution < 1.29 is 4.79 Å².